The Morgan fingerprint density at radius 2 is 1.71 bits per heavy atom. The van der Waals surface area contributed by atoms with Crippen molar-refractivity contribution in [3.8, 4) is 0 Å². The van der Waals surface area contributed by atoms with Gasteiger partial charge in [-0.25, -0.2) is 0 Å². The fourth-order valence-electron chi connectivity index (χ4n) is 0.0333. The van der Waals surface area contributed by atoms with Crippen molar-refractivity contribution in [1.82, 2.24) is 0 Å². The van der Waals surface area contributed by atoms with Crippen molar-refractivity contribution in [1.29, 1.82) is 0 Å². The van der Waals surface area contributed by atoms with E-state index in [9.17, 15) is 0 Å². The van der Waals surface area contributed by atoms with Crippen molar-refractivity contribution in [2.75, 3.05) is 0 Å². The molecule has 0 saturated carbocycles. The number of hydrogen-bond acceptors (Lipinski definition) is 3. The van der Waals surface area contributed by atoms with Gasteiger partial charge in [-0.05, 0) is 6.92 Å². The van der Waals surface area contributed by atoms with E-state index in [2.05, 4.69) is 0 Å². The average Bonchev–Trinajstić information content (AvgIpc) is 1.68. The summed E-state index contributed by atoms with van der Waals surface area (Å²) in [7, 11) is 0. The fraction of sp³-hybridized carbons (Fsp3) is 0.500. The molecule has 4 N–H and O–H groups in total. The Hall–Kier alpha value is -0.120. The van der Waals surface area contributed by atoms with E-state index in [1.54, 1.807) is 0 Å². The molecule has 0 fully saturated rings. The van der Waals surface area contributed by atoms with E-state index in [1.807, 2.05) is 0 Å². The molecule has 0 amide bonds. The van der Waals surface area contributed by atoms with E-state index in [0.717, 1.165) is 0 Å². The Kier molecular flexibility index (Phi) is 2.22. The zero-order valence-electron chi connectivity index (χ0n) is 4.13. The summed E-state index contributed by atoms with van der Waals surface area (Å²) in [6, 6.07) is 0. The first-order chi connectivity index (χ1) is 3.12. The standard InChI is InChI=1S/C4H9NO2/c1-4(5,2-6)3-7/h2-3,6-7H,5H2,1H3. The first-order valence-electron chi connectivity index (χ1n) is 1.88. The van der Waals surface area contributed by atoms with Crippen LogP contribution >= 0.6 is 0 Å². The summed E-state index contributed by atoms with van der Waals surface area (Å²) in [5.41, 5.74) is 4.05. The van der Waals surface area contributed by atoms with Crippen LogP contribution in [-0.4, -0.2) is 15.8 Å². The molecule has 2 radical (unpaired) electrons. The van der Waals surface area contributed by atoms with Gasteiger partial charge in [-0.2, -0.15) is 0 Å². The predicted molar refractivity (Wildman–Crippen MR) is 25.1 cm³/mol. The van der Waals surface area contributed by atoms with E-state index in [4.69, 9.17) is 15.9 Å². The highest BCUT2D eigenvalue weighted by Gasteiger charge is 2.15. The molecule has 0 heterocycles. The summed E-state index contributed by atoms with van der Waals surface area (Å²) < 4.78 is 0. The number of hydrogen-bond donors (Lipinski definition) is 3. The molecule has 0 spiro atoms. The predicted octanol–water partition coefficient (Wildman–Crippen LogP) is -0.228. The highest BCUT2D eigenvalue weighted by Crippen LogP contribution is 2.01. The minimum Gasteiger partial charge on any atom is -0.388 e. The van der Waals surface area contributed by atoms with Gasteiger partial charge in [0.1, 0.15) is 13.2 Å². The van der Waals surface area contributed by atoms with Crippen LogP contribution in [0.15, 0.2) is 0 Å². The van der Waals surface area contributed by atoms with Crippen molar-refractivity contribution in [3.05, 3.63) is 13.2 Å². The quantitative estimate of drug-likeness (QED) is 0.452. The van der Waals surface area contributed by atoms with Crippen LogP contribution in [-0.2, 0) is 0 Å². The lowest BCUT2D eigenvalue weighted by Gasteiger charge is -2.14. The lowest BCUT2D eigenvalue weighted by Crippen LogP contribution is -2.36. The maximum absolute atomic E-state index is 8.15. The monoisotopic (exact) mass is 103 g/mol. The van der Waals surface area contributed by atoms with E-state index in [1.165, 1.54) is 6.92 Å². The van der Waals surface area contributed by atoms with Gasteiger partial charge in [0.2, 0.25) is 0 Å². The molecule has 7 heavy (non-hydrogen) atoms. The largest absolute Gasteiger partial charge is 0.388 e. The summed E-state index contributed by atoms with van der Waals surface area (Å²) in [6.45, 7) is 2.90. The van der Waals surface area contributed by atoms with Gasteiger partial charge >= 0.3 is 0 Å². The molecule has 0 unspecified atom stereocenters. The summed E-state index contributed by atoms with van der Waals surface area (Å²) in [5, 5.41) is 16.3. The van der Waals surface area contributed by atoms with Crippen LogP contribution in [0.3, 0.4) is 0 Å². The molecule has 3 heteroatoms. The number of aliphatic hydroxyl groups excluding tert-OH is 2. The van der Waals surface area contributed by atoms with Crippen LogP contribution in [0, 0.1) is 13.2 Å². The Balaban J connectivity index is 3.36. The van der Waals surface area contributed by atoms with E-state index in [-0.39, 0.29) is 0 Å². The van der Waals surface area contributed by atoms with Crippen LogP contribution < -0.4 is 5.73 Å². The second-order valence-electron chi connectivity index (χ2n) is 1.62. The molecule has 0 bridgehead atoms. The highest BCUT2D eigenvalue weighted by atomic mass is 16.3. The van der Waals surface area contributed by atoms with Gasteiger partial charge in [-0.1, -0.05) is 0 Å². The number of nitrogens with two attached hydrogens (primary N) is 1. The minimum atomic E-state index is -1.06. The maximum atomic E-state index is 8.15. The van der Waals surface area contributed by atoms with Gasteiger partial charge in [0.15, 0.2) is 0 Å². The minimum absolute atomic E-state index is 0.715. The molecule has 3 nitrogen and oxygen atoms in total. The molecule has 0 rings (SSSR count). The first kappa shape index (κ1) is 6.88. The van der Waals surface area contributed by atoms with Crippen molar-refractivity contribution in [2.45, 2.75) is 12.5 Å². The third kappa shape index (κ3) is 2.56. The molecule has 0 saturated heterocycles. The first-order valence-corrected chi connectivity index (χ1v) is 1.88. The summed E-state index contributed by atoms with van der Waals surface area (Å²) in [6.07, 6.45) is 0. The number of aliphatic hydroxyl groups is 2. The van der Waals surface area contributed by atoms with Gasteiger partial charge in [-0.3, -0.25) is 0 Å². The third-order valence-electron chi connectivity index (χ3n) is 0.556. The van der Waals surface area contributed by atoms with E-state index in [0.29, 0.717) is 13.2 Å². The molecule has 42 valence electrons. The molecule has 0 aliphatic heterocycles. The summed E-state index contributed by atoms with van der Waals surface area (Å²) >= 11 is 0. The molecule has 0 aliphatic rings. The zero-order chi connectivity index (χ0) is 5.91. The van der Waals surface area contributed by atoms with Crippen LogP contribution in [0.4, 0.5) is 0 Å². The summed E-state index contributed by atoms with van der Waals surface area (Å²) in [4.78, 5) is 0. The molecule has 0 aromatic rings. The van der Waals surface area contributed by atoms with Crippen LogP contribution in [0.1, 0.15) is 6.92 Å². The zero-order valence-corrected chi connectivity index (χ0v) is 4.13. The Bertz CT molecular complexity index is 47.7. The molecular weight excluding hydrogens is 94.0 g/mol. The molecule has 0 aromatic carbocycles. The van der Waals surface area contributed by atoms with Gasteiger partial charge < -0.3 is 15.9 Å². The second-order valence-corrected chi connectivity index (χ2v) is 1.62. The molecule has 0 aliphatic carbocycles. The van der Waals surface area contributed by atoms with Crippen LogP contribution in [0.25, 0.3) is 0 Å². The topological polar surface area (TPSA) is 66.5 Å². The maximum Gasteiger partial charge on any atom is 0.102 e. The molecule has 0 atom stereocenters. The Morgan fingerprint density at radius 1 is 1.43 bits per heavy atom. The van der Waals surface area contributed by atoms with Crippen LogP contribution in [0.5, 0.6) is 0 Å². The van der Waals surface area contributed by atoms with Gasteiger partial charge in [-0.15, -0.1) is 0 Å². The van der Waals surface area contributed by atoms with Crippen molar-refractivity contribution >= 4 is 0 Å². The molecule has 0 aromatic heterocycles. The lowest BCUT2D eigenvalue weighted by molar-refractivity contribution is 0.241. The Morgan fingerprint density at radius 3 is 1.71 bits per heavy atom. The SMILES string of the molecule is CC(N)([CH]O)[CH]O. The van der Waals surface area contributed by atoms with Gasteiger partial charge in [0, 0.05) is 0 Å². The van der Waals surface area contributed by atoms with Crippen molar-refractivity contribution < 1.29 is 10.2 Å². The second kappa shape index (κ2) is 2.26. The molecular formula is C4H9NO2. The lowest BCUT2D eigenvalue weighted by atomic mass is 10.1. The number of rotatable bonds is 2. The smallest absolute Gasteiger partial charge is 0.102 e. The van der Waals surface area contributed by atoms with Crippen molar-refractivity contribution in [2.24, 2.45) is 5.73 Å². The van der Waals surface area contributed by atoms with Gasteiger partial charge in [0.25, 0.3) is 0 Å². The van der Waals surface area contributed by atoms with E-state index >= 15 is 0 Å². The normalized spacial score (nSPS) is 12.0. The Labute approximate surface area is 42.8 Å². The fourth-order valence-corrected chi connectivity index (χ4v) is 0.0333. The highest BCUT2D eigenvalue weighted by molar-refractivity contribution is 4.92. The van der Waals surface area contributed by atoms with Gasteiger partial charge in [0.05, 0.1) is 5.54 Å². The van der Waals surface area contributed by atoms with Crippen molar-refractivity contribution in [3.63, 3.8) is 0 Å². The van der Waals surface area contributed by atoms with E-state index < -0.39 is 5.54 Å². The van der Waals surface area contributed by atoms with Crippen LogP contribution in [0.2, 0.25) is 0 Å². The summed E-state index contributed by atoms with van der Waals surface area (Å²) in [5.74, 6) is 0. The third-order valence-corrected chi connectivity index (χ3v) is 0.556. The average molecular weight is 103 g/mol.